The van der Waals surface area contributed by atoms with Gasteiger partial charge in [-0.1, -0.05) is 23.3 Å². The summed E-state index contributed by atoms with van der Waals surface area (Å²) < 4.78 is 0. The largest absolute Gasteiger partial charge is 0.361 e. The predicted octanol–water partition coefficient (Wildman–Crippen LogP) is 3.88. The first kappa shape index (κ1) is 10.3. The molecule has 0 amide bonds. The van der Waals surface area contributed by atoms with Crippen LogP contribution in [0.5, 0.6) is 0 Å². The Labute approximate surface area is 93.2 Å². The number of aromatic amines is 1. The van der Waals surface area contributed by atoms with E-state index < -0.39 is 0 Å². The first-order chi connectivity index (χ1) is 7.90. The second-order valence-electron chi connectivity index (χ2n) is 3.47. The number of nitrogens with one attached hydrogen (secondary N) is 1. The minimum atomic E-state index is 0.513. The van der Waals surface area contributed by atoms with E-state index in [-0.39, 0.29) is 0 Å². The highest BCUT2D eigenvalue weighted by Gasteiger charge is 1.93. The summed E-state index contributed by atoms with van der Waals surface area (Å²) in [6.45, 7) is 0.513. The van der Waals surface area contributed by atoms with Gasteiger partial charge in [-0.2, -0.15) is 0 Å². The average Bonchev–Trinajstić information content (AvgIpc) is 2.76. The normalized spacial score (nSPS) is 10.8. The molecule has 0 aliphatic heterocycles. The minimum absolute atomic E-state index is 0.513. The molecule has 0 unspecified atom stereocenters. The second kappa shape index (κ2) is 5.05. The number of H-pyrrole nitrogens is 1. The Kier molecular flexibility index (Phi) is 3.26. The number of nitrogens with zero attached hydrogens (tertiary/aromatic N) is 3. The van der Waals surface area contributed by atoms with E-state index in [9.17, 15) is 0 Å². The fraction of sp³-hybridized carbons (Fsp3) is 0.167. The maximum Gasteiger partial charge on any atom is 0.0454 e. The van der Waals surface area contributed by atoms with Gasteiger partial charge in [-0.3, -0.25) is 0 Å². The van der Waals surface area contributed by atoms with Gasteiger partial charge in [0.05, 0.1) is 0 Å². The van der Waals surface area contributed by atoms with E-state index in [1.807, 2.05) is 24.4 Å². The smallest absolute Gasteiger partial charge is 0.0454 e. The van der Waals surface area contributed by atoms with Gasteiger partial charge in [-0.05, 0) is 41.1 Å². The number of rotatable bonds is 4. The zero-order chi connectivity index (χ0) is 11.2. The summed E-state index contributed by atoms with van der Waals surface area (Å²) in [5, 5.41) is 4.67. The van der Waals surface area contributed by atoms with Gasteiger partial charge in [0.25, 0.3) is 0 Å². The zero-order valence-electron chi connectivity index (χ0n) is 8.80. The molecule has 1 N–H and O–H groups in total. The lowest BCUT2D eigenvalue weighted by Gasteiger charge is -1.94. The molecular formula is C12H12N4. The Balaban J connectivity index is 2.05. The second-order valence-corrected chi connectivity index (χ2v) is 3.47. The molecule has 1 heterocycles. The monoisotopic (exact) mass is 212 g/mol. The topological polar surface area (TPSA) is 64.6 Å². The van der Waals surface area contributed by atoms with Crippen LogP contribution in [0.2, 0.25) is 0 Å². The van der Waals surface area contributed by atoms with Gasteiger partial charge < -0.3 is 4.98 Å². The van der Waals surface area contributed by atoms with Crippen molar-refractivity contribution in [2.45, 2.75) is 6.42 Å². The Morgan fingerprint density at radius 3 is 3.19 bits per heavy atom. The van der Waals surface area contributed by atoms with Crippen LogP contribution in [0.1, 0.15) is 12.0 Å². The summed E-state index contributed by atoms with van der Waals surface area (Å²) in [5.41, 5.74) is 10.4. The first-order valence-electron chi connectivity index (χ1n) is 5.15. The van der Waals surface area contributed by atoms with Crippen molar-refractivity contribution in [3.63, 3.8) is 0 Å². The molecule has 0 atom stereocenters. The highest BCUT2D eigenvalue weighted by Crippen LogP contribution is 2.15. The third-order valence-corrected chi connectivity index (χ3v) is 2.35. The number of benzene rings is 1. The average molecular weight is 212 g/mol. The molecule has 0 saturated heterocycles. The summed E-state index contributed by atoms with van der Waals surface area (Å²) >= 11 is 0. The molecule has 0 aliphatic rings. The van der Waals surface area contributed by atoms with E-state index in [0.29, 0.717) is 6.54 Å². The molecule has 1 aromatic carbocycles. The van der Waals surface area contributed by atoms with Crippen molar-refractivity contribution in [3.05, 3.63) is 52.5 Å². The van der Waals surface area contributed by atoms with Crippen LogP contribution in [0.4, 0.5) is 0 Å². The molecule has 1 aromatic heterocycles. The van der Waals surface area contributed by atoms with Gasteiger partial charge in [0, 0.05) is 23.2 Å². The van der Waals surface area contributed by atoms with Gasteiger partial charge in [-0.25, -0.2) is 0 Å². The summed E-state index contributed by atoms with van der Waals surface area (Å²) in [4.78, 5) is 5.85. The van der Waals surface area contributed by atoms with E-state index in [1.54, 1.807) is 0 Å². The van der Waals surface area contributed by atoms with Gasteiger partial charge in [0.15, 0.2) is 0 Å². The van der Waals surface area contributed by atoms with E-state index >= 15 is 0 Å². The minimum Gasteiger partial charge on any atom is -0.361 e. The Morgan fingerprint density at radius 1 is 1.38 bits per heavy atom. The fourth-order valence-corrected chi connectivity index (χ4v) is 1.57. The highest BCUT2D eigenvalue weighted by atomic mass is 15.1. The molecule has 0 saturated carbocycles. The van der Waals surface area contributed by atoms with E-state index in [0.717, 1.165) is 17.5 Å². The Bertz CT molecular complexity index is 547. The number of hydrogen-bond acceptors (Lipinski definition) is 1. The number of azide groups is 1. The maximum atomic E-state index is 8.11. The lowest BCUT2D eigenvalue weighted by molar-refractivity contribution is 0.996. The molecule has 0 radical (unpaired) electrons. The third-order valence-electron chi connectivity index (χ3n) is 2.35. The molecule has 0 bridgehead atoms. The van der Waals surface area contributed by atoms with Crippen molar-refractivity contribution in [1.29, 1.82) is 0 Å². The van der Waals surface area contributed by atoms with Gasteiger partial charge >= 0.3 is 0 Å². The van der Waals surface area contributed by atoms with Crippen molar-refractivity contribution < 1.29 is 0 Å². The number of hydrogen-bond donors (Lipinski definition) is 1. The summed E-state index contributed by atoms with van der Waals surface area (Å²) in [6.07, 6.45) is 6.76. The molecule has 0 spiro atoms. The lowest BCUT2D eigenvalue weighted by Crippen LogP contribution is -1.75. The van der Waals surface area contributed by atoms with Crippen molar-refractivity contribution >= 4 is 17.0 Å². The quantitative estimate of drug-likeness (QED) is 0.346. The van der Waals surface area contributed by atoms with Crippen LogP contribution in [-0.2, 0) is 0 Å². The molecule has 2 aromatic rings. The van der Waals surface area contributed by atoms with Crippen molar-refractivity contribution in [2.24, 2.45) is 5.11 Å². The van der Waals surface area contributed by atoms with E-state index in [1.165, 1.54) is 5.39 Å². The third kappa shape index (κ3) is 2.43. The van der Waals surface area contributed by atoms with Gasteiger partial charge in [-0.15, -0.1) is 0 Å². The maximum absolute atomic E-state index is 8.11. The molecule has 4 nitrogen and oxygen atoms in total. The SMILES string of the molecule is [N-]=[N+]=NCCC=Cc1ccc2[nH]ccc2c1. The molecule has 0 aliphatic carbocycles. The molecule has 2 rings (SSSR count). The van der Waals surface area contributed by atoms with Crippen molar-refractivity contribution in [3.8, 4) is 0 Å². The molecule has 0 fully saturated rings. The van der Waals surface area contributed by atoms with Crippen LogP contribution < -0.4 is 0 Å². The lowest BCUT2D eigenvalue weighted by atomic mass is 10.1. The van der Waals surface area contributed by atoms with Crippen molar-refractivity contribution in [1.82, 2.24) is 4.98 Å². The zero-order valence-corrected chi connectivity index (χ0v) is 8.80. The fourth-order valence-electron chi connectivity index (χ4n) is 1.57. The van der Waals surface area contributed by atoms with E-state index in [2.05, 4.69) is 33.2 Å². The van der Waals surface area contributed by atoms with Crippen LogP contribution in [-0.4, -0.2) is 11.5 Å². The standard InChI is InChI=1S/C12H12N4/c13-16-15-7-2-1-3-10-4-5-12-11(9-10)6-8-14-12/h1,3-6,8-9,14H,2,7H2. The van der Waals surface area contributed by atoms with Crippen LogP contribution in [0.15, 0.2) is 41.7 Å². The highest BCUT2D eigenvalue weighted by molar-refractivity contribution is 5.81. The summed E-state index contributed by atoms with van der Waals surface area (Å²) in [5.74, 6) is 0. The Hall–Kier alpha value is -2.19. The molecule has 16 heavy (non-hydrogen) atoms. The molecular weight excluding hydrogens is 200 g/mol. The number of fused-ring (bicyclic) bond motifs is 1. The van der Waals surface area contributed by atoms with Crippen LogP contribution in [0, 0.1) is 0 Å². The predicted molar refractivity (Wildman–Crippen MR) is 66.0 cm³/mol. The van der Waals surface area contributed by atoms with Crippen molar-refractivity contribution in [2.75, 3.05) is 6.54 Å². The van der Waals surface area contributed by atoms with Crippen LogP contribution >= 0.6 is 0 Å². The van der Waals surface area contributed by atoms with E-state index in [4.69, 9.17) is 5.53 Å². The Morgan fingerprint density at radius 2 is 2.31 bits per heavy atom. The molecule has 4 heteroatoms. The molecule has 80 valence electrons. The first-order valence-corrected chi connectivity index (χ1v) is 5.15. The number of aromatic nitrogens is 1. The summed E-state index contributed by atoms with van der Waals surface area (Å²) in [6, 6.07) is 8.29. The van der Waals surface area contributed by atoms with Gasteiger partial charge in [0.2, 0.25) is 0 Å². The van der Waals surface area contributed by atoms with Crippen LogP contribution in [0.25, 0.3) is 27.4 Å². The van der Waals surface area contributed by atoms with Crippen LogP contribution in [0.3, 0.4) is 0 Å². The van der Waals surface area contributed by atoms with Gasteiger partial charge in [0.1, 0.15) is 0 Å². The summed E-state index contributed by atoms with van der Waals surface area (Å²) in [7, 11) is 0.